The lowest BCUT2D eigenvalue weighted by Gasteiger charge is -2.20. The predicted molar refractivity (Wildman–Crippen MR) is 96.4 cm³/mol. The number of hydrogen-bond donors (Lipinski definition) is 4. The van der Waals surface area contributed by atoms with Crippen molar-refractivity contribution in [1.82, 2.24) is 5.32 Å². The number of aliphatic hydroxyl groups is 2. The van der Waals surface area contributed by atoms with Crippen LogP contribution in [0.25, 0.3) is 0 Å². The molecule has 0 spiro atoms. The number of methoxy groups -OCH3 is 1. The van der Waals surface area contributed by atoms with Crippen LogP contribution in [-0.4, -0.2) is 55.5 Å². The molecule has 0 saturated heterocycles. The molecule has 0 aromatic rings. The Balaban J connectivity index is -0.000000305. The number of nitrogens with two attached hydrogens (primary N) is 1. The van der Waals surface area contributed by atoms with Gasteiger partial charge in [0.15, 0.2) is 0 Å². The summed E-state index contributed by atoms with van der Waals surface area (Å²) in [4.78, 5) is 21.9. The fourth-order valence-corrected chi connectivity index (χ4v) is 0.890. The highest BCUT2D eigenvalue weighted by Gasteiger charge is 2.27. The molecule has 146 valence electrons. The molecule has 0 aromatic carbocycles. The number of esters is 1. The number of carbonyl (C=O) groups is 2. The molecule has 0 atom stereocenters. The van der Waals surface area contributed by atoms with Crippen LogP contribution in [0.3, 0.4) is 0 Å². The number of ether oxygens (including phenoxy) is 1. The molecule has 7 heteroatoms. The first kappa shape index (κ1) is 27.7. The number of nitrogens with one attached hydrogen (secondary N) is 1. The Morgan fingerprint density at radius 2 is 1.42 bits per heavy atom. The Bertz CT molecular complexity index is 329. The Hall–Kier alpha value is -1.18. The van der Waals surface area contributed by atoms with Gasteiger partial charge in [0.05, 0.1) is 31.2 Å². The Morgan fingerprint density at radius 3 is 1.62 bits per heavy atom. The Labute approximate surface area is 147 Å². The minimum atomic E-state index is -0.755. The zero-order valence-electron chi connectivity index (χ0n) is 16.4. The highest BCUT2D eigenvalue weighted by molar-refractivity contribution is 5.81. The summed E-state index contributed by atoms with van der Waals surface area (Å²) in [5.74, 6) is -0.466. The standard InChI is InChI=1S/C8H17NO2.C6H12O3.C3H9N/c1-4-5-9-7(11)8(2,3)6-10;1-6(2,4-7)5(8)9-3;1-2-3-4/h10H,4-6H2,1-3H3,(H,9,11);7H,4H2,1-3H3;2-4H2,1H3. The summed E-state index contributed by atoms with van der Waals surface area (Å²) < 4.78 is 4.41. The van der Waals surface area contributed by atoms with Crippen LogP contribution in [0.15, 0.2) is 0 Å². The van der Waals surface area contributed by atoms with Gasteiger partial charge in [0.2, 0.25) is 5.91 Å². The summed E-state index contributed by atoms with van der Waals surface area (Å²) in [5.41, 5.74) is 3.63. The molecular formula is C17H38N2O5. The van der Waals surface area contributed by atoms with Crippen molar-refractivity contribution in [1.29, 1.82) is 0 Å². The number of amides is 1. The molecule has 7 nitrogen and oxygen atoms in total. The van der Waals surface area contributed by atoms with E-state index in [1.807, 2.05) is 6.92 Å². The maximum Gasteiger partial charge on any atom is 0.313 e. The van der Waals surface area contributed by atoms with E-state index >= 15 is 0 Å². The average molecular weight is 351 g/mol. The smallest absolute Gasteiger partial charge is 0.313 e. The van der Waals surface area contributed by atoms with Crippen LogP contribution in [-0.2, 0) is 14.3 Å². The van der Waals surface area contributed by atoms with Gasteiger partial charge in [0.25, 0.3) is 0 Å². The van der Waals surface area contributed by atoms with Crippen LogP contribution in [0.4, 0.5) is 0 Å². The van der Waals surface area contributed by atoms with Crippen LogP contribution in [0, 0.1) is 10.8 Å². The number of rotatable bonds is 7. The van der Waals surface area contributed by atoms with Crippen molar-refractivity contribution >= 4 is 11.9 Å². The van der Waals surface area contributed by atoms with Crippen molar-refractivity contribution in [2.75, 3.05) is 33.4 Å². The monoisotopic (exact) mass is 350 g/mol. The molecule has 0 radical (unpaired) electrons. The van der Waals surface area contributed by atoms with Gasteiger partial charge in [0, 0.05) is 6.54 Å². The highest BCUT2D eigenvalue weighted by atomic mass is 16.5. The number of carbonyl (C=O) groups excluding carboxylic acids is 2. The average Bonchev–Trinajstić information content (AvgIpc) is 2.59. The van der Waals surface area contributed by atoms with Crippen molar-refractivity contribution in [3.05, 3.63) is 0 Å². The zero-order chi connectivity index (χ0) is 19.8. The first-order chi connectivity index (χ1) is 11.0. The molecule has 0 rings (SSSR count). The lowest BCUT2D eigenvalue weighted by Crippen LogP contribution is -2.39. The second-order valence-corrected chi connectivity index (χ2v) is 6.62. The Kier molecular flexibility index (Phi) is 17.7. The third-order valence-electron chi connectivity index (χ3n) is 2.97. The second-order valence-electron chi connectivity index (χ2n) is 6.62. The number of aliphatic hydroxyl groups excluding tert-OH is 2. The summed E-state index contributed by atoms with van der Waals surface area (Å²) >= 11 is 0. The van der Waals surface area contributed by atoms with E-state index in [0.717, 1.165) is 19.4 Å². The quantitative estimate of drug-likeness (QED) is 0.509. The summed E-state index contributed by atoms with van der Waals surface area (Å²) in [5, 5.41) is 20.1. The van der Waals surface area contributed by atoms with E-state index < -0.39 is 10.8 Å². The highest BCUT2D eigenvalue weighted by Crippen LogP contribution is 2.14. The van der Waals surface area contributed by atoms with E-state index in [2.05, 4.69) is 17.0 Å². The van der Waals surface area contributed by atoms with Crippen LogP contribution in [0.1, 0.15) is 54.4 Å². The fraction of sp³-hybridized carbons (Fsp3) is 0.882. The van der Waals surface area contributed by atoms with Gasteiger partial charge >= 0.3 is 5.97 Å². The van der Waals surface area contributed by atoms with Gasteiger partial charge in [-0.05, 0) is 47.1 Å². The molecule has 0 saturated carbocycles. The maximum atomic E-state index is 11.2. The van der Waals surface area contributed by atoms with Crippen molar-refractivity contribution in [3.63, 3.8) is 0 Å². The molecule has 5 N–H and O–H groups in total. The molecular weight excluding hydrogens is 312 g/mol. The molecule has 24 heavy (non-hydrogen) atoms. The molecule has 0 aliphatic rings. The van der Waals surface area contributed by atoms with Crippen molar-refractivity contribution in [2.24, 2.45) is 16.6 Å². The molecule has 0 aliphatic heterocycles. The second kappa shape index (κ2) is 15.4. The van der Waals surface area contributed by atoms with Crippen molar-refractivity contribution in [2.45, 2.75) is 54.4 Å². The SMILES string of the molecule is CCCN.CCCNC(=O)C(C)(C)CO.COC(=O)C(C)(C)CO. The third-order valence-corrected chi connectivity index (χ3v) is 2.97. The van der Waals surface area contributed by atoms with E-state index in [1.165, 1.54) is 7.11 Å². The predicted octanol–water partition coefficient (Wildman–Crippen LogP) is 1.06. The van der Waals surface area contributed by atoms with E-state index in [-0.39, 0.29) is 25.1 Å². The molecule has 0 aliphatic carbocycles. The van der Waals surface area contributed by atoms with Crippen LogP contribution >= 0.6 is 0 Å². The molecule has 0 unspecified atom stereocenters. The van der Waals surface area contributed by atoms with Gasteiger partial charge in [-0.1, -0.05) is 13.8 Å². The lowest BCUT2D eigenvalue weighted by molar-refractivity contribution is -0.152. The summed E-state index contributed by atoms with van der Waals surface area (Å²) in [6, 6.07) is 0. The van der Waals surface area contributed by atoms with E-state index in [4.69, 9.17) is 15.9 Å². The normalized spacial score (nSPS) is 10.6. The summed E-state index contributed by atoms with van der Waals surface area (Å²) in [6.45, 7) is 11.9. The molecule has 0 heterocycles. The van der Waals surface area contributed by atoms with Gasteiger partial charge in [0.1, 0.15) is 0 Å². The molecule has 0 bridgehead atoms. The van der Waals surface area contributed by atoms with Gasteiger partial charge in [-0.15, -0.1) is 0 Å². The van der Waals surface area contributed by atoms with Crippen molar-refractivity contribution < 1.29 is 24.5 Å². The van der Waals surface area contributed by atoms with Crippen LogP contribution < -0.4 is 11.1 Å². The third kappa shape index (κ3) is 14.4. The van der Waals surface area contributed by atoms with Gasteiger partial charge in [-0.25, -0.2) is 0 Å². The summed E-state index contributed by atoms with van der Waals surface area (Å²) in [6.07, 6.45) is 2.02. The van der Waals surface area contributed by atoms with Gasteiger partial charge in [-0.2, -0.15) is 0 Å². The fourth-order valence-electron chi connectivity index (χ4n) is 0.890. The minimum absolute atomic E-state index is 0.0816. The maximum absolute atomic E-state index is 11.2. The van der Waals surface area contributed by atoms with E-state index in [0.29, 0.717) is 6.54 Å². The topological polar surface area (TPSA) is 122 Å². The van der Waals surface area contributed by atoms with Gasteiger partial charge in [-0.3, -0.25) is 9.59 Å². The van der Waals surface area contributed by atoms with Gasteiger partial charge < -0.3 is 26.0 Å². The Morgan fingerprint density at radius 1 is 1.00 bits per heavy atom. The van der Waals surface area contributed by atoms with Crippen molar-refractivity contribution in [3.8, 4) is 0 Å². The zero-order valence-corrected chi connectivity index (χ0v) is 16.4. The first-order valence-corrected chi connectivity index (χ1v) is 8.29. The largest absolute Gasteiger partial charge is 0.469 e. The lowest BCUT2D eigenvalue weighted by atomic mass is 9.94. The number of hydrogen-bond acceptors (Lipinski definition) is 6. The van der Waals surface area contributed by atoms with E-state index in [1.54, 1.807) is 27.7 Å². The summed E-state index contributed by atoms with van der Waals surface area (Å²) in [7, 11) is 1.31. The molecule has 0 fully saturated rings. The van der Waals surface area contributed by atoms with E-state index in [9.17, 15) is 9.59 Å². The first-order valence-electron chi connectivity index (χ1n) is 8.29. The van der Waals surface area contributed by atoms with Crippen LogP contribution in [0.2, 0.25) is 0 Å². The minimum Gasteiger partial charge on any atom is -0.469 e. The molecule has 1 amide bonds. The molecule has 0 aromatic heterocycles. The van der Waals surface area contributed by atoms with Crippen LogP contribution in [0.5, 0.6) is 0 Å².